The maximum absolute atomic E-state index is 12.0. The summed E-state index contributed by atoms with van der Waals surface area (Å²) in [5, 5.41) is 11.6. The van der Waals surface area contributed by atoms with E-state index in [2.05, 4.69) is 0 Å². The molecule has 4 nitrogen and oxygen atoms in total. The van der Waals surface area contributed by atoms with Crippen LogP contribution in [-0.2, 0) is 4.74 Å². The number of hydrogen-bond donors (Lipinski definition) is 1. The Balaban J connectivity index is 0.000000924. The molecule has 0 spiro atoms. The molecule has 0 amide bonds. The van der Waals surface area contributed by atoms with E-state index < -0.39 is 11.5 Å². The van der Waals surface area contributed by atoms with Crippen LogP contribution in [0.3, 0.4) is 0 Å². The summed E-state index contributed by atoms with van der Waals surface area (Å²) in [7, 11) is 7.26. The van der Waals surface area contributed by atoms with Crippen molar-refractivity contribution in [2.45, 2.75) is 26.3 Å². The molecule has 1 unspecified atom stereocenters. The van der Waals surface area contributed by atoms with Crippen LogP contribution < -0.4 is 4.74 Å². The molecule has 2 aromatic carbocycles. The number of esters is 1. The van der Waals surface area contributed by atoms with Gasteiger partial charge in [0, 0.05) is 16.3 Å². The highest BCUT2D eigenvalue weighted by atomic mass is 16.5. The first-order chi connectivity index (χ1) is 10.9. The molecule has 0 saturated carbocycles. The van der Waals surface area contributed by atoms with Gasteiger partial charge in [0.05, 0.1) is 12.6 Å². The monoisotopic (exact) mass is 310 g/mol. The number of methoxy groups -OCH3 is 1. The molecule has 5 heteroatoms. The maximum Gasteiger partial charge on any atom is 0.342 e. The second-order valence-corrected chi connectivity index (χ2v) is 5.12. The van der Waals surface area contributed by atoms with Crippen molar-refractivity contribution in [3.8, 4) is 11.5 Å². The summed E-state index contributed by atoms with van der Waals surface area (Å²) in [6, 6.07) is 7.13. The lowest BCUT2D eigenvalue weighted by Crippen LogP contribution is -2.32. The number of benzene rings is 2. The minimum absolute atomic E-state index is 0.0814. The fourth-order valence-corrected chi connectivity index (χ4v) is 2.49. The van der Waals surface area contributed by atoms with E-state index in [0.29, 0.717) is 22.1 Å². The Hall–Kier alpha value is -2.43. The van der Waals surface area contributed by atoms with Crippen LogP contribution in [0.4, 0.5) is 0 Å². The summed E-state index contributed by atoms with van der Waals surface area (Å²) in [5.41, 5.74) is -0.418. The minimum atomic E-state index is -0.972. The minimum Gasteiger partial charge on any atom is -0.506 e. The Morgan fingerprint density at radius 3 is 2.48 bits per heavy atom. The van der Waals surface area contributed by atoms with Gasteiger partial charge in [-0.2, -0.15) is 0 Å². The van der Waals surface area contributed by atoms with E-state index in [-0.39, 0.29) is 11.3 Å². The SMILES string of the molecule is CC.[B]C1(C)C=Cc2c(C(=O)OC)c(O)c3ccccc3c2O1. The molecule has 2 aromatic rings. The number of phenols is 1. The Bertz CT molecular complexity index is 778. The van der Waals surface area contributed by atoms with E-state index in [0.717, 1.165) is 0 Å². The Morgan fingerprint density at radius 2 is 1.87 bits per heavy atom. The highest BCUT2D eigenvalue weighted by Gasteiger charge is 2.30. The third-order valence-corrected chi connectivity index (χ3v) is 3.47. The third kappa shape index (κ3) is 2.91. The molecule has 3 rings (SSSR count). The van der Waals surface area contributed by atoms with Crippen molar-refractivity contribution in [1.29, 1.82) is 0 Å². The van der Waals surface area contributed by atoms with Crippen LogP contribution in [-0.4, -0.2) is 31.5 Å². The number of rotatable bonds is 1. The Morgan fingerprint density at radius 1 is 1.26 bits per heavy atom. The number of ether oxygens (including phenoxy) is 2. The van der Waals surface area contributed by atoms with Gasteiger partial charge in [-0.15, -0.1) is 0 Å². The zero-order chi connectivity index (χ0) is 17.2. The van der Waals surface area contributed by atoms with E-state index >= 15 is 0 Å². The quantitative estimate of drug-likeness (QED) is 0.645. The summed E-state index contributed by atoms with van der Waals surface area (Å²) < 4.78 is 10.6. The van der Waals surface area contributed by atoms with Crippen molar-refractivity contribution >= 4 is 30.7 Å². The van der Waals surface area contributed by atoms with Gasteiger partial charge in [0.2, 0.25) is 0 Å². The summed E-state index contributed by atoms with van der Waals surface area (Å²) >= 11 is 0. The molecule has 0 saturated heterocycles. The Labute approximate surface area is 137 Å². The van der Waals surface area contributed by atoms with Crippen LogP contribution in [0.2, 0.25) is 0 Å². The largest absolute Gasteiger partial charge is 0.506 e. The molecular formula is C18H19BO4. The molecule has 1 heterocycles. The van der Waals surface area contributed by atoms with Crippen molar-refractivity contribution in [3.63, 3.8) is 0 Å². The predicted molar refractivity (Wildman–Crippen MR) is 92.1 cm³/mol. The molecular weight excluding hydrogens is 291 g/mol. The smallest absolute Gasteiger partial charge is 0.342 e. The number of aromatic hydroxyl groups is 1. The summed E-state index contributed by atoms with van der Waals surface area (Å²) in [5.74, 6) is -0.273. The van der Waals surface area contributed by atoms with Gasteiger partial charge in [0.1, 0.15) is 24.9 Å². The molecule has 1 aliphatic rings. The normalized spacial score (nSPS) is 18.4. The van der Waals surface area contributed by atoms with Gasteiger partial charge in [-0.3, -0.25) is 0 Å². The first-order valence-electron chi connectivity index (χ1n) is 7.48. The average molecular weight is 310 g/mol. The van der Waals surface area contributed by atoms with Crippen LogP contribution >= 0.6 is 0 Å². The molecule has 0 aliphatic carbocycles. The van der Waals surface area contributed by atoms with Gasteiger partial charge in [-0.1, -0.05) is 50.3 Å². The van der Waals surface area contributed by atoms with Gasteiger partial charge < -0.3 is 14.6 Å². The molecule has 118 valence electrons. The van der Waals surface area contributed by atoms with E-state index in [9.17, 15) is 9.90 Å². The highest BCUT2D eigenvalue weighted by molar-refractivity contribution is 6.17. The number of carbonyl (C=O) groups excluding carboxylic acids is 1. The topological polar surface area (TPSA) is 55.8 Å². The van der Waals surface area contributed by atoms with Crippen molar-refractivity contribution < 1.29 is 19.4 Å². The zero-order valence-electron chi connectivity index (χ0n) is 13.7. The van der Waals surface area contributed by atoms with Crippen LogP contribution in [0.15, 0.2) is 30.3 Å². The first-order valence-corrected chi connectivity index (χ1v) is 7.48. The van der Waals surface area contributed by atoms with E-state index in [1.165, 1.54) is 7.11 Å². The summed E-state index contributed by atoms with van der Waals surface area (Å²) in [4.78, 5) is 12.0. The van der Waals surface area contributed by atoms with Gasteiger partial charge in [0.15, 0.2) is 0 Å². The molecule has 1 N–H and O–H groups in total. The van der Waals surface area contributed by atoms with E-state index in [4.69, 9.17) is 17.3 Å². The van der Waals surface area contributed by atoms with E-state index in [1.54, 1.807) is 31.2 Å². The molecule has 1 aliphatic heterocycles. The second-order valence-electron chi connectivity index (χ2n) is 5.12. The van der Waals surface area contributed by atoms with Crippen molar-refractivity contribution in [2.24, 2.45) is 0 Å². The van der Waals surface area contributed by atoms with Crippen molar-refractivity contribution in [1.82, 2.24) is 0 Å². The summed E-state index contributed by atoms with van der Waals surface area (Å²) in [6.07, 6.45) is 3.31. The second kappa shape index (κ2) is 6.36. The fourth-order valence-electron chi connectivity index (χ4n) is 2.49. The highest BCUT2D eigenvalue weighted by Crippen LogP contribution is 2.44. The maximum atomic E-state index is 12.0. The van der Waals surface area contributed by atoms with Crippen molar-refractivity contribution in [2.75, 3.05) is 7.11 Å². The lowest BCUT2D eigenvalue weighted by molar-refractivity contribution is 0.0596. The molecule has 0 fully saturated rings. The molecule has 0 bridgehead atoms. The zero-order valence-corrected chi connectivity index (χ0v) is 13.7. The number of hydrogen-bond acceptors (Lipinski definition) is 4. The fraction of sp³-hybridized carbons (Fsp3) is 0.278. The lowest BCUT2D eigenvalue weighted by atomic mass is 9.80. The standard InChI is InChI=1S/C16H13BO4.C2H6/c1-16(17)8-7-11-12(15(19)20-2)13(18)9-5-3-4-6-10(9)14(11)21-16;1-2/h3-8,18H,1-2H3;1-2H3. The Kier molecular flexibility index (Phi) is 4.69. The van der Waals surface area contributed by atoms with Crippen LogP contribution in [0, 0.1) is 0 Å². The summed E-state index contributed by atoms with van der Waals surface area (Å²) in [6.45, 7) is 5.71. The van der Waals surface area contributed by atoms with Crippen LogP contribution in [0.5, 0.6) is 11.5 Å². The number of fused-ring (bicyclic) bond motifs is 3. The number of phenolic OH excluding ortho intramolecular Hbond substituents is 1. The van der Waals surface area contributed by atoms with Gasteiger partial charge in [0.25, 0.3) is 0 Å². The van der Waals surface area contributed by atoms with Crippen LogP contribution in [0.25, 0.3) is 16.8 Å². The molecule has 1 atom stereocenters. The van der Waals surface area contributed by atoms with Gasteiger partial charge in [-0.05, 0) is 6.92 Å². The number of carbonyl (C=O) groups is 1. The lowest BCUT2D eigenvalue weighted by Gasteiger charge is -2.30. The average Bonchev–Trinajstić information content (AvgIpc) is 2.57. The molecule has 2 radical (unpaired) electrons. The van der Waals surface area contributed by atoms with Crippen molar-refractivity contribution in [3.05, 3.63) is 41.5 Å². The molecule has 23 heavy (non-hydrogen) atoms. The molecule has 0 aromatic heterocycles. The van der Waals surface area contributed by atoms with E-state index in [1.807, 2.05) is 26.0 Å². The van der Waals surface area contributed by atoms with Gasteiger partial charge in [-0.25, -0.2) is 4.79 Å². The van der Waals surface area contributed by atoms with Crippen LogP contribution in [0.1, 0.15) is 36.7 Å². The predicted octanol–water partition coefficient (Wildman–Crippen LogP) is 3.65. The third-order valence-electron chi connectivity index (χ3n) is 3.47. The van der Waals surface area contributed by atoms with Gasteiger partial charge >= 0.3 is 5.97 Å². The first kappa shape index (κ1) is 16.9.